The van der Waals surface area contributed by atoms with Gasteiger partial charge in [0.1, 0.15) is 28.3 Å². The molecule has 1 aromatic carbocycles. The Kier molecular flexibility index (Phi) is 6.74. The van der Waals surface area contributed by atoms with Gasteiger partial charge in [-0.1, -0.05) is 0 Å². The monoisotopic (exact) mass is 487 g/mol. The molecule has 10 nitrogen and oxygen atoms in total. The zero-order chi connectivity index (χ0) is 26.2. The lowest BCUT2D eigenvalue weighted by atomic mass is 9.90. The van der Waals surface area contributed by atoms with Gasteiger partial charge >= 0.3 is 12.2 Å². The summed E-state index contributed by atoms with van der Waals surface area (Å²) < 4.78 is 27.2. The van der Waals surface area contributed by atoms with Crippen LogP contribution in [0.4, 0.5) is 19.7 Å². The van der Waals surface area contributed by atoms with Gasteiger partial charge in [0, 0.05) is 11.3 Å². The van der Waals surface area contributed by atoms with Crippen molar-refractivity contribution in [1.82, 2.24) is 14.9 Å². The standard InChI is InChI=1S/C24H30FN5O5/c1-22(2,3)34-20(32)27-14-8-9-17(25)16(10-14)24(7)13-30-15(12-31)11-26-19(30)18(29-24)28-21(33)35-23(4,5)6/h8-12H,13H2,1-7H3,(H,27,32)(H,28,29,33). The number of aromatic nitrogens is 2. The fourth-order valence-electron chi connectivity index (χ4n) is 3.54. The smallest absolute Gasteiger partial charge is 0.413 e. The Balaban J connectivity index is 2.02. The molecule has 0 saturated heterocycles. The fourth-order valence-corrected chi connectivity index (χ4v) is 3.54. The van der Waals surface area contributed by atoms with Gasteiger partial charge in [-0.15, -0.1) is 0 Å². The number of aliphatic imine (C=N–C) groups is 1. The van der Waals surface area contributed by atoms with Crippen molar-refractivity contribution in [3.05, 3.63) is 47.3 Å². The second-order valence-corrected chi connectivity index (χ2v) is 10.4. The van der Waals surface area contributed by atoms with Gasteiger partial charge in [-0.25, -0.2) is 19.0 Å². The van der Waals surface area contributed by atoms with Crippen LogP contribution in [0.25, 0.3) is 0 Å². The van der Waals surface area contributed by atoms with Gasteiger partial charge in [0.25, 0.3) is 0 Å². The number of hydrogen-bond donors (Lipinski definition) is 2. The maximum absolute atomic E-state index is 15.1. The largest absolute Gasteiger partial charge is 0.444 e. The fraction of sp³-hybridized carbons (Fsp3) is 0.458. The number of amidine groups is 1. The van der Waals surface area contributed by atoms with Crippen LogP contribution in [-0.4, -0.2) is 45.1 Å². The van der Waals surface area contributed by atoms with Crippen molar-refractivity contribution < 1.29 is 28.2 Å². The summed E-state index contributed by atoms with van der Waals surface area (Å²) in [5.74, 6) is -0.330. The number of nitrogens with zero attached hydrogens (tertiary/aromatic N) is 3. The van der Waals surface area contributed by atoms with Crippen LogP contribution in [0.2, 0.25) is 0 Å². The Labute approximate surface area is 202 Å². The SMILES string of the molecule is CC(C)(C)OC(=O)NC1=NC(C)(c2cc(NC(=O)OC(C)(C)C)ccc2F)Cn2c(C=O)cnc21. The molecule has 0 spiro atoms. The quantitative estimate of drug-likeness (QED) is 0.619. The van der Waals surface area contributed by atoms with Gasteiger partial charge in [0.05, 0.1) is 12.7 Å². The number of carbonyl (C=O) groups is 3. The molecule has 2 aromatic rings. The van der Waals surface area contributed by atoms with Crippen LogP contribution in [0.3, 0.4) is 0 Å². The highest BCUT2D eigenvalue weighted by Gasteiger charge is 2.38. The first-order valence-corrected chi connectivity index (χ1v) is 11.0. The molecule has 0 aliphatic carbocycles. The molecule has 2 N–H and O–H groups in total. The first-order valence-electron chi connectivity index (χ1n) is 11.0. The highest BCUT2D eigenvalue weighted by atomic mass is 19.1. The molecule has 11 heteroatoms. The Hall–Kier alpha value is -3.76. The van der Waals surface area contributed by atoms with Crippen LogP contribution >= 0.6 is 0 Å². The topological polar surface area (TPSA) is 124 Å². The third kappa shape index (κ3) is 6.23. The Bertz CT molecular complexity index is 1190. The van der Waals surface area contributed by atoms with Crippen molar-refractivity contribution in [2.45, 2.75) is 71.8 Å². The number of alkyl carbamates (subject to hydrolysis) is 1. The van der Waals surface area contributed by atoms with E-state index in [0.717, 1.165) is 0 Å². The van der Waals surface area contributed by atoms with Crippen molar-refractivity contribution in [3.63, 3.8) is 0 Å². The van der Waals surface area contributed by atoms with E-state index in [9.17, 15) is 14.4 Å². The van der Waals surface area contributed by atoms with Crippen LogP contribution in [0.15, 0.2) is 29.4 Å². The van der Waals surface area contributed by atoms with Crippen molar-refractivity contribution in [2.75, 3.05) is 5.32 Å². The second kappa shape index (κ2) is 9.12. The van der Waals surface area contributed by atoms with Crippen LogP contribution in [0.5, 0.6) is 0 Å². The van der Waals surface area contributed by atoms with E-state index in [4.69, 9.17) is 9.47 Å². The molecule has 1 aliphatic rings. The van der Waals surface area contributed by atoms with Crippen molar-refractivity contribution >= 4 is 30.0 Å². The maximum atomic E-state index is 15.1. The Morgan fingerprint density at radius 1 is 1.09 bits per heavy atom. The van der Waals surface area contributed by atoms with Crippen molar-refractivity contribution in [3.8, 4) is 0 Å². The zero-order valence-electron chi connectivity index (χ0n) is 20.9. The van der Waals surface area contributed by atoms with Gasteiger partial charge < -0.3 is 14.0 Å². The Morgan fingerprint density at radius 3 is 2.26 bits per heavy atom. The highest BCUT2D eigenvalue weighted by Crippen LogP contribution is 2.35. The summed E-state index contributed by atoms with van der Waals surface area (Å²) in [4.78, 5) is 45.1. The van der Waals surface area contributed by atoms with E-state index in [1.54, 1.807) is 53.0 Å². The molecule has 1 unspecified atom stereocenters. The van der Waals surface area contributed by atoms with Crippen molar-refractivity contribution in [2.24, 2.45) is 4.99 Å². The maximum Gasteiger partial charge on any atom is 0.413 e. The molecule has 2 amide bonds. The van der Waals surface area contributed by atoms with Crippen LogP contribution in [-0.2, 0) is 21.6 Å². The third-order valence-electron chi connectivity index (χ3n) is 4.85. The molecular weight excluding hydrogens is 457 g/mol. The lowest BCUT2D eigenvalue weighted by Crippen LogP contribution is -2.44. The van der Waals surface area contributed by atoms with E-state index in [1.165, 1.54) is 24.4 Å². The van der Waals surface area contributed by atoms with E-state index < -0.39 is 34.7 Å². The number of anilines is 1. The van der Waals surface area contributed by atoms with E-state index in [2.05, 4.69) is 20.6 Å². The van der Waals surface area contributed by atoms with Gasteiger partial charge in [-0.2, -0.15) is 0 Å². The summed E-state index contributed by atoms with van der Waals surface area (Å²) in [5.41, 5.74) is -2.09. The molecule has 35 heavy (non-hydrogen) atoms. The first-order chi connectivity index (χ1) is 16.1. The average molecular weight is 488 g/mol. The minimum Gasteiger partial charge on any atom is -0.444 e. The zero-order valence-corrected chi connectivity index (χ0v) is 20.9. The highest BCUT2D eigenvalue weighted by molar-refractivity contribution is 6.05. The number of nitrogens with one attached hydrogen (secondary N) is 2. The summed E-state index contributed by atoms with van der Waals surface area (Å²) in [6, 6.07) is 4.04. The molecule has 0 bridgehead atoms. The minimum atomic E-state index is -1.27. The number of fused-ring (bicyclic) bond motifs is 1. The summed E-state index contributed by atoms with van der Waals surface area (Å²) in [6.45, 7) is 12.0. The van der Waals surface area contributed by atoms with Gasteiger partial charge in [-0.3, -0.25) is 20.4 Å². The molecule has 1 aromatic heterocycles. The van der Waals surface area contributed by atoms with Crippen LogP contribution in [0, 0.1) is 5.82 Å². The lowest BCUT2D eigenvalue weighted by molar-refractivity contribution is 0.0560. The van der Waals surface area contributed by atoms with Gasteiger partial charge in [-0.05, 0) is 66.7 Å². The molecular formula is C24H30FN5O5. The number of ether oxygens (including phenoxy) is 2. The molecule has 188 valence electrons. The van der Waals surface area contributed by atoms with Crippen molar-refractivity contribution in [1.29, 1.82) is 0 Å². The number of rotatable bonds is 3. The van der Waals surface area contributed by atoms with Crippen LogP contribution < -0.4 is 10.6 Å². The van der Waals surface area contributed by atoms with E-state index >= 15 is 4.39 Å². The molecule has 3 rings (SSSR count). The number of hydrogen-bond acceptors (Lipinski definition) is 7. The number of aldehydes is 1. The predicted molar refractivity (Wildman–Crippen MR) is 127 cm³/mol. The third-order valence-corrected chi connectivity index (χ3v) is 4.85. The molecule has 1 aliphatic heterocycles. The molecule has 0 radical (unpaired) electrons. The number of halogens is 1. The summed E-state index contributed by atoms with van der Waals surface area (Å²) in [7, 11) is 0. The molecule has 0 saturated carbocycles. The molecule has 1 atom stereocenters. The number of imidazole rings is 1. The molecule has 2 heterocycles. The number of benzene rings is 1. The van der Waals surface area contributed by atoms with Gasteiger partial charge in [0.2, 0.25) is 0 Å². The molecule has 0 fully saturated rings. The first kappa shape index (κ1) is 25.9. The second-order valence-electron chi connectivity index (χ2n) is 10.4. The summed E-state index contributed by atoms with van der Waals surface area (Å²) >= 11 is 0. The normalized spacial score (nSPS) is 17.7. The summed E-state index contributed by atoms with van der Waals surface area (Å²) in [6.07, 6.45) is 0.491. The predicted octanol–water partition coefficient (Wildman–Crippen LogP) is 4.38. The van der Waals surface area contributed by atoms with Gasteiger partial charge in [0.15, 0.2) is 17.9 Å². The van der Waals surface area contributed by atoms with E-state index in [-0.39, 0.29) is 29.5 Å². The van der Waals surface area contributed by atoms with E-state index in [0.29, 0.717) is 12.0 Å². The number of carbonyl (C=O) groups excluding carboxylic acids is 3. The summed E-state index contributed by atoms with van der Waals surface area (Å²) in [5, 5.41) is 5.15. The van der Waals surface area contributed by atoms with E-state index in [1.807, 2.05) is 0 Å². The van der Waals surface area contributed by atoms with Crippen LogP contribution in [0.1, 0.15) is 70.3 Å². The lowest BCUT2D eigenvalue weighted by Gasteiger charge is -2.33. The minimum absolute atomic E-state index is 0.0194. The number of amides is 2. The average Bonchev–Trinajstić information content (AvgIpc) is 3.09. The Morgan fingerprint density at radius 2 is 1.69 bits per heavy atom.